The molecular formula is C11H16O2S. The summed E-state index contributed by atoms with van der Waals surface area (Å²) in [5.41, 5.74) is 0. The van der Waals surface area contributed by atoms with Crippen molar-refractivity contribution in [3.05, 3.63) is 18.2 Å². The van der Waals surface area contributed by atoms with Crippen LogP contribution in [0.15, 0.2) is 23.1 Å². The summed E-state index contributed by atoms with van der Waals surface area (Å²) < 4.78 is 10.7. The lowest BCUT2D eigenvalue weighted by Crippen LogP contribution is -1.98. The third-order valence-electron chi connectivity index (χ3n) is 1.90. The van der Waals surface area contributed by atoms with Crippen LogP contribution in [0.25, 0.3) is 0 Å². The number of unbranched alkanes of at least 4 members (excludes halogenated alkanes) is 1. The molecule has 0 N–H and O–H groups in total. The van der Waals surface area contributed by atoms with E-state index in [4.69, 9.17) is 9.47 Å². The van der Waals surface area contributed by atoms with Crippen molar-refractivity contribution in [2.45, 2.75) is 24.7 Å². The molecular weight excluding hydrogens is 196 g/mol. The van der Waals surface area contributed by atoms with Gasteiger partial charge in [-0.05, 0) is 24.6 Å². The molecule has 1 aromatic carbocycles. The highest BCUT2D eigenvalue weighted by Crippen LogP contribution is 2.29. The predicted molar refractivity (Wildman–Crippen MR) is 60.6 cm³/mol. The molecule has 0 radical (unpaired) electrons. The van der Waals surface area contributed by atoms with Crippen LogP contribution in [0.5, 0.6) is 11.5 Å². The van der Waals surface area contributed by atoms with E-state index >= 15 is 0 Å². The first-order chi connectivity index (χ1) is 6.77. The molecule has 1 aromatic rings. The van der Waals surface area contributed by atoms with Crippen molar-refractivity contribution in [3.63, 3.8) is 0 Å². The average Bonchev–Trinajstić information content (AvgIpc) is 2.19. The second-order valence-electron chi connectivity index (χ2n) is 3.04. The van der Waals surface area contributed by atoms with E-state index in [1.165, 1.54) is 0 Å². The van der Waals surface area contributed by atoms with Crippen LogP contribution in [-0.4, -0.2) is 13.7 Å². The number of ether oxygens (including phenoxy) is 2. The summed E-state index contributed by atoms with van der Waals surface area (Å²) in [6.07, 6.45) is 2.18. The highest BCUT2D eigenvalue weighted by molar-refractivity contribution is 7.80. The summed E-state index contributed by atoms with van der Waals surface area (Å²) in [6.45, 7) is 2.86. The van der Waals surface area contributed by atoms with Crippen LogP contribution < -0.4 is 9.47 Å². The van der Waals surface area contributed by atoms with E-state index in [1.807, 2.05) is 18.2 Å². The Hall–Kier alpha value is -0.830. The van der Waals surface area contributed by atoms with E-state index < -0.39 is 0 Å². The average molecular weight is 212 g/mol. The second-order valence-corrected chi connectivity index (χ2v) is 3.55. The van der Waals surface area contributed by atoms with E-state index in [0.717, 1.165) is 35.8 Å². The predicted octanol–water partition coefficient (Wildman–Crippen LogP) is 3.16. The molecule has 0 atom stereocenters. The van der Waals surface area contributed by atoms with Gasteiger partial charge < -0.3 is 9.47 Å². The summed E-state index contributed by atoms with van der Waals surface area (Å²) in [6, 6.07) is 5.62. The molecule has 14 heavy (non-hydrogen) atoms. The molecule has 0 amide bonds. The smallest absolute Gasteiger partial charge is 0.162 e. The molecule has 0 saturated heterocycles. The molecule has 0 aliphatic rings. The Kier molecular flexibility index (Phi) is 4.66. The van der Waals surface area contributed by atoms with Crippen LogP contribution in [-0.2, 0) is 0 Å². The molecule has 1 rings (SSSR count). The minimum absolute atomic E-state index is 0.726. The molecule has 0 saturated carbocycles. The van der Waals surface area contributed by atoms with Gasteiger partial charge in [-0.1, -0.05) is 13.3 Å². The van der Waals surface area contributed by atoms with E-state index in [1.54, 1.807) is 7.11 Å². The lowest BCUT2D eigenvalue weighted by molar-refractivity contribution is 0.287. The topological polar surface area (TPSA) is 18.5 Å². The minimum atomic E-state index is 0.726. The van der Waals surface area contributed by atoms with Crippen molar-refractivity contribution in [2.24, 2.45) is 0 Å². The Bertz CT molecular complexity index is 287. The summed E-state index contributed by atoms with van der Waals surface area (Å²) in [4.78, 5) is 0.886. The molecule has 0 bridgehead atoms. The van der Waals surface area contributed by atoms with E-state index in [0.29, 0.717) is 0 Å². The zero-order valence-corrected chi connectivity index (χ0v) is 9.51. The van der Waals surface area contributed by atoms with E-state index in [-0.39, 0.29) is 0 Å². The fourth-order valence-corrected chi connectivity index (χ4v) is 1.30. The first kappa shape index (κ1) is 11.2. The molecule has 78 valence electrons. The van der Waals surface area contributed by atoms with Crippen molar-refractivity contribution in [1.29, 1.82) is 0 Å². The summed E-state index contributed by atoms with van der Waals surface area (Å²) in [5, 5.41) is 0. The standard InChI is InChI=1S/C11H16O2S/c1-3-4-7-13-11-8-9(14)5-6-10(11)12-2/h5-6,8,14H,3-4,7H2,1-2H3. The lowest BCUT2D eigenvalue weighted by atomic mass is 10.3. The second kappa shape index (κ2) is 5.81. The fourth-order valence-electron chi connectivity index (χ4n) is 1.10. The Morgan fingerprint density at radius 2 is 2.07 bits per heavy atom. The van der Waals surface area contributed by atoms with E-state index in [2.05, 4.69) is 19.6 Å². The first-order valence-electron chi connectivity index (χ1n) is 4.77. The van der Waals surface area contributed by atoms with Gasteiger partial charge in [-0.15, -0.1) is 12.6 Å². The number of hydrogen-bond donors (Lipinski definition) is 1. The summed E-state index contributed by atoms with van der Waals surface area (Å²) in [5.74, 6) is 1.53. The van der Waals surface area contributed by atoms with Crippen molar-refractivity contribution >= 4 is 12.6 Å². The van der Waals surface area contributed by atoms with Gasteiger partial charge >= 0.3 is 0 Å². The Morgan fingerprint density at radius 3 is 2.71 bits per heavy atom. The molecule has 2 nitrogen and oxygen atoms in total. The SMILES string of the molecule is CCCCOc1cc(S)ccc1OC. The third kappa shape index (κ3) is 3.14. The molecule has 0 spiro atoms. The van der Waals surface area contributed by atoms with Crippen LogP contribution in [0, 0.1) is 0 Å². The number of methoxy groups -OCH3 is 1. The maximum absolute atomic E-state index is 5.58. The third-order valence-corrected chi connectivity index (χ3v) is 2.18. The maximum Gasteiger partial charge on any atom is 0.162 e. The van der Waals surface area contributed by atoms with Crippen LogP contribution in [0.3, 0.4) is 0 Å². The van der Waals surface area contributed by atoms with Crippen molar-refractivity contribution < 1.29 is 9.47 Å². The Morgan fingerprint density at radius 1 is 1.29 bits per heavy atom. The van der Waals surface area contributed by atoms with Crippen molar-refractivity contribution in [3.8, 4) is 11.5 Å². The molecule has 0 aliphatic carbocycles. The highest BCUT2D eigenvalue weighted by atomic mass is 32.1. The quantitative estimate of drug-likeness (QED) is 0.597. The van der Waals surface area contributed by atoms with Gasteiger partial charge in [0.1, 0.15) is 0 Å². The highest BCUT2D eigenvalue weighted by Gasteiger charge is 2.03. The van der Waals surface area contributed by atoms with Gasteiger partial charge in [0.05, 0.1) is 13.7 Å². The largest absolute Gasteiger partial charge is 0.493 e. The molecule has 3 heteroatoms. The number of rotatable bonds is 5. The van der Waals surface area contributed by atoms with Gasteiger partial charge in [-0.25, -0.2) is 0 Å². The normalized spacial score (nSPS) is 9.93. The molecule has 0 fully saturated rings. The van der Waals surface area contributed by atoms with Gasteiger partial charge in [0.25, 0.3) is 0 Å². The molecule has 0 aliphatic heterocycles. The van der Waals surface area contributed by atoms with Gasteiger partial charge in [0.2, 0.25) is 0 Å². The van der Waals surface area contributed by atoms with E-state index in [9.17, 15) is 0 Å². The van der Waals surface area contributed by atoms with Crippen LogP contribution in [0.2, 0.25) is 0 Å². The summed E-state index contributed by atoms with van der Waals surface area (Å²) in [7, 11) is 1.64. The number of thiol groups is 1. The van der Waals surface area contributed by atoms with Crippen LogP contribution >= 0.6 is 12.6 Å². The van der Waals surface area contributed by atoms with Crippen LogP contribution in [0.4, 0.5) is 0 Å². The Labute approximate surface area is 90.6 Å². The summed E-state index contributed by atoms with van der Waals surface area (Å²) >= 11 is 4.25. The zero-order valence-electron chi connectivity index (χ0n) is 8.62. The monoisotopic (exact) mass is 212 g/mol. The minimum Gasteiger partial charge on any atom is -0.493 e. The number of hydrogen-bond acceptors (Lipinski definition) is 3. The van der Waals surface area contributed by atoms with Crippen LogP contribution in [0.1, 0.15) is 19.8 Å². The maximum atomic E-state index is 5.58. The number of benzene rings is 1. The zero-order chi connectivity index (χ0) is 10.4. The van der Waals surface area contributed by atoms with Gasteiger partial charge in [0.15, 0.2) is 11.5 Å². The van der Waals surface area contributed by atoms with Gasteiger partial charge in [0, 0.05) is 4.90 Å². The lowest BCUT2D eigenvalue weighted by Gasteiger charge is -2.10. The van der Waals surface area contributed by atoms with Gasteiger partial charge in [-0.2, -0.15) is 0 Å². The van der Waals surface area contributed by atoms with Crippen molar-refractivity contribution in [2.75, 3.05) is 13.7 Å². The Balaban J connectivity index is 2.67. The van der Waals surface area contributed by atoms with Gasteiger partial charge in [-0.3, -0.25) is 0 Å². The first-order valence-corrected chi connectivity index (χ1v) is 5.22. The molecule has 0 unspecified atom stereocenters. The fraction of sp³-hybridized carbons (Fsp3) is 0.455. The molecule has 0 aromatic heterocycles. The molecule has 0 heterocycles. The van der Waals surface area contributed by atoms with Crippen molar-refractivity contribution in [1.82, 2.24) is 0 Å².